The number of hydrogen-bond donors (Lipinski definition) is 3. The Hall–Kier alpha value is -1.63. The van der Waals surface area contributed by atoms with E-state index in [0.717, 1.165) is 25.7 Å². The Bertz CT molecular complexity index is 355. The molecule has 3 amide bonds. The van der Waals surface area contributed by atoms with Gasteiger partial charge in [-0.15, -0.1) is 0 Å². The molecule has 122 valence electrons. The molecule has 0 spiro atoms. The zero-order valence-electron chi connectivity index (χ0n) is 13.0. The normalized spacial score (nSPS) is 11.0. The average molecular weight is 302 g/mol. The van der Waals surface area contributed by atoms with Crippen LogP contribution < -0.4 is 10.6 Å². The molecule has 0 aliphatic carbocycles. The van der Waals surface area contributed by atoms with Gasteiger partial charge in [0.25, 0.3) is 5.91 Å². The maximum Gasteiger partial charge on any atom is 0.329 e. The van der Waals surface area contributed by atoms with Gasteiger partial charge < -0.3 is 15.2 Å². The second-order valence-electron chi connectivity index (χ2n) is 5.74. The molecule has 0 atom stereocenters. The van der Waals surface area contributed by atoms with Crippen molar-refractivity contribution in [1.82, 2.24) is 10.6 Å². The van der Waals surface area contributed by atoms with Crippen molar-refractivity contribution in [3.63, 3.8) is 0 Å². The van der Waals surface area contributed by atoms with Crippen LogP contribution in [0.3, 0.4) is 0 Å². The van der Waals surface area contributed by atoms with Crippen molar-refractivity contribution >= 4 is 17.9 Å². The molecule has 0 saturated heterocycles. The van der Waals surface area contributed by atoms with E-state index in [4.69, 9.17) is 5.11 Å². The molecule has 0 rings (SSSR count). The van der Waals surface area contributed by atoms with Crippen LogP contribution in [0.4, 0.5) is 4.79 Å². The quantitative estimate of drug-likeness (QED) is 0.531. The highest BCUT2D eigenvalue weighted by Crippen LogP contribution is 2.22. The van der Waals surface area contributed by atoms with E-state index in [1.165, 1.54) is 0 Å². The van der Waals surface area contributed by atoms with Crippen LogP contribution in [0.25, 0.3) is 0 Å². The van der Waals surface area contributed by atoms with Crippen molar-refractivity contribution in [1.29, 1.82) is 0 Å². The van der Waals surface area contributed by atoms with Crippen LogP contribution in [-0.2, 0) is 14.3 Å². The largest absolute Gasteiger partial charge is 0.480 e. The maximum absolute atomic E-state index is 11.5. The van der Waals surface area contributed by atoms with E-state index in [0.29, 0.717) is 6.54 Å². The molecule has 0 aromatic heterocycles. The van der Waals surface area contributed by atoms with Crippen LogP contribution in [-0.4, -0.2) is 42.8 Å². The summed E-state index contributed by atoms with van der Waals surface area (Å²) in [7, 11) is 0. The van der Waals surface area contributed by atoms with Crippen LogP contribution in [0.2, 0.25) is 0 Å². The SMILES string of the molecule is CCCCCC(C)(C)CNC(=O)NC(=O)COCC(=O)O. The Labute approximate surface area is 125 Å². The topological polar surface area (TPSA) is 105 Å². The van der Waals surface area contributed by atoms with Crippen molar-refractivity contribution in [2.24, 2.45) is 5.41 Å². The second-order valence-corrected chi connectivity index (χ2v) is 5.74. The van der Waals surface area contributed by atoms with Crippen LogP contribution in [0.1, 0.15) is 46.5 Å². The molecule has 0 aliphatic rings. The summed E-state index contributed by atoms with van der Waals surface area (Å²) in [5.74, 6) is -1.83. The number of amides is 3. The van der Waals surface area contributed by atoms with Crippen LogP contribution >= 0.6 is 0 Å². The third-order valence-corrected chi connectivity index (χ3v) is 2.90. The Balaban J connectivity index is 3.87. The molecule has 0 aromatic carbocycles. The van der Waals surface area contributed by atoms with E-state index in [1.54, 1.807) is 0 Å². The van der Waals surface area contributed by atoms with E-state index < -0.39 is 31.1 Å². The van der Waals surface area contributed by atoms with E-state index in [1.807, 2.05) is 0 Å². The Kier molecular flexibility index (Phi) is 9.36. The lowest BCUT2D eigenvalue weighted by Crippen LogP contribution is -2.44. The standard InChI is InChI=1S/C14H26N2O5/c1-4-5-6-7-14(2,3)10-15-13(20)16-11(17)8-21-9-12(18)19/h4-10H2,1-3H3,(H,18,19)(H2,15,16,17,20). The van der Waals surface area contributed by atoms with E-state index in [2.05, 4.69) is 36.1 Å². The van der Waals surface area contributed by atoms with Crippen LogP contribution in [0.5, 0.6) is 0 Å². The van der Waals surface area contributed by atoms with Gasteiger partial charge in [0.1, 0.15) is 13.2 Å². The number of rotatable bonds is 10. The number of hydrogen-bond acceptors (Lipinski definition) is 4. The molecule has 0 saturated carbocycles. The van der Waals surface area contributed by atoms with Gasteiger partial charge in [0.05, 0.1) is 0 Å². The molecule has 7 heteroatoms. The first-order valence-electron chi connectivity index (χ1n) is 7.14. The van der Waals surface area contributed by atoms with Crippen LogP contribution in [0.15, 0.2) is 0 Å². The fourth-order valence-corrected chi connectivity index (χ4v) is 1.70. The first-order valence-corrected chi connectivity index (χ1v) is 7.14. The summed E-state index contributed by atoms with van der Waals surface area (Å²) in [6.07, 6.45) is 4.41. The molecule has 7 nitrogen and oxygen atoms in total. The summed E-state index contributed by atoms with van der Waals surface area (Å²) < 4.78 is 4.58. The van der Waals surface area contributed by atoms with Crippen molar-refractivity contribution in [2.75, 3.05) is 19.8 Å². The molecule has 0 aliphatic heterocycles. The van der Waals surface area contributed by atoms with Gasteiger partial charge in [0, 0.05) is 6.54 Å². The average Bonchev–Trinajstić information content (AvgIpc) is 2.36. The molecule has 0 fully saturated rings. The summed E-state index contributed by atoms with van der Waals surface area (Å²) in [5.41, 5.74) is -0.0324. The molecule has 0 aromatic rings. The lowest BCUT2D eigenvalue weighted by Gasteiger charge is -2.24. The minimum atomic E-state index is -1.17. The summed E-state index contributed by atoms with van der Waals surface area (Å²) in [4.78, 5) is 33.0. The van der Waals surface area contributed by atoms with E-state index in [9.17, 15) is 14.4 Å². The third kappa shape index (κ3) is 11.9. The highest BCUT2D eigenvalue weighted by Gasteiger charge is 2.19. The number of aliphatic carboxylic acids is 1. The molecular formula is C14H26N2O5. The number of imide groups is 1. The fourth-order valence-electron chi connectivity index (χ4n) is 1.70. The number of carboxylic acids is 1. The van der Waals surface area contributed by atoms with E-state index in [-0.39, 0.29) is 5.41 Å². The van der Waals surface area contributed by atoms with Gasteiger partial charge in [-0.3, -0.25) is 10.1 Å². The monoisotopic (exact) mass is 302 g/mol. The number of carbonyl (C=O) groups excluding carboxylic acids is 2. The Morgan fingerprint density at radius 2 is 1.81 bits per heavy atom. The molecule has 3 N–H and O–H groups in total. The zero-order chi connectivity index (χ0) is 16.3. The highest BCUT2D eigenvalue weighted by molar-refractivity contribution is 5.94. The zero-order valence-corrected chi connectivity index (χ0v) is 13.0. The van der Waals surface area contributed by atoms with Crippen molar-refractivity contribution < 1.29 is 24.2 Å². The molecular weight excluding hydrogens is 276 g/mol. The number of ether oxygens (including phenoxy) is 1. The van der Waals surface area contributed by atoms with Gasteiger partial charge in [0.2, 0.25) is 0 Å². The predicted octanol–water partition coefficient (Wildman–Crippen LogP) is 1.52. The van der Waals surface area contributed by atoms with Gasteiger partial charge in [-0.25, -0.2) is 9.59 Å². The summed E-state index contributed by atoms with van der Waals surface area (Å²) >= 11 is 0. The van der Waals surface area contributed by atoms with Gasteiger partial charge in [-0.2, -0.15) is 0 Å². The van der Waals surface area contributed by atoms with Crippen LogP contribution in [0, 0.1) is 5.41 Å². The molecule has 21 heavy (non-hydrogen) atoms. The van der Waals surface area contributed by atoms with E-state index >= 15 is 0 Å². The highest BCUT2D eigenvalue weighted by atomic mass is 16.5. The smallest absolute Gasteiger partial charge is 0.329 e. The summed E-state index contributed by atoms with van der Waals surface area (Å²) in [6.45, 7) is 5.68. The first-order chi connectivity index (χ1) is 9.76. The fraction of sp³-hybridized carbons (Fsp3) is 0.786. The lowest BCUT2D eigenvalue weighted by molar-refractivity contribution is -0.143. The van der Waals surface area contributed by atoms with Gasteiger partial charge in [0.15, 0.2) is 0 Å². The summed E-state index contributed by atoms with van der Waals surface area (Å²) in [6, 6.07) is -0.595. The number of urea groups is 1. The lowest BCUT2D eigenvalue weighted by atomic mass is 9.87. The minimum Gasteiger partial charge on any atom is -0.480 e. The number of nitrogens with one attached hydrogen (secondary N) is 2. The van der Waals surface area contributed by atoms with Crippen molar-refractivity contribution in [3.05, 3.63) is 0 Å². The first kappa shape index (κ1) is 19.4. The van der Waals surface area contributed by atoms with Crippen molar-refractivity contribution in [3.8, 4) is 0 Å². The Morgan fingerprint density at radius 1 is 1.14 bits per heavy atom. The minimum absolute atomic E-state index is 0.0324. The predicted molar refractivity (Wildman–Crippen MR) is 77.9 cm³/mol. The van der Waals surface area contributed by atoms with Gasteiger partial charge >= 0.3 is 12.0 Å². The number of carboxylic acid groups (broad SMARTS) is 1. The molecule has 0 radical (unpaired) electrons. The third-order valence-electron chi connectivity index (χ3n) is 2.90. The second kappa shape index (κ2) is 10.1. The van der Waals surface area contributed by atoms with Gasteiger partial charge in [-0.1, -0.05) is 40.0 Å². The van der Waals surface area contributed by atoms with Gasteiger partial charge in [-0.05, 0) is 11.8 Å². The molecule has 0 unspecified atom stereocenters. The molecule has 0 bridgehead atoms. The maximum atomic E-state index is 11.5. The van der Waals surface area contributed by atoms with Crippen molar-refractivity contribution in [2.45, 2.75) is 46.5 Å². The number of unbranched alkanes of at least 4 members (excludes halogenated alkanes) is 2. The Morgan fingerprint density at radius 3 is 2.38 bits per heavy atom. The number of carbonyl (C=O) groups is 3. The summed E-state index contributed by atoms with van der Waals surface area (Å²) in [5, 5.41) is 13.1. The molecule has 0 heterocycles.